The van der Waals surface area contributed by atoms with E-state index in [2.05, 4.69) is 4.99 Å². The van der Waals surface area contributed by atoms with Gasteiger partial charge in [0, 0.05) is 18.2 Å². The molecule has 0 aliphatic heterocycles. The van der Waals surface area contributed by atoms with Crippen molar-refractivity contribution in [3.63, 3.8) is 0 Å². The Morgan fingerprint density at radius 2 is 1.50 bits per heavy atom. The van der Waals surface area contributed by atoms with Crippen molar-refractivity contribution in [1.82, 2.24) is 0 Å². The number of rotatable bonds is 10. The molecule has 3 rings (SSSR count). The molecule has 176 valence electrons. The van der Waals surface area contributed by atoms with E-state index in [0.29, 0.717) is 34.2 Å². The van der Waals surface area contributed by atoms with Crippen LogP contribution in [0.2, 0.25) is 0 Å². The summed E-state index contributed by atoms with van der Waals surface area (Å²) < 4.78 is 34.9. The summed E-state index contributed by atoms with van der Waals surface area (Å²) >= 11 is 0. The maximum Gasteiger partial charge on any atom is 0.203 e. The second-order valence-corrected chi connectivity index (χ2v) is 7.17. The van der Waals surface area contributed by atoms with Gasteiger partial charge < -0.3 is 18.9 Å². The Morgan fingerprint density at radius 1 is 0.824 bits per heavy atom. The maximum absolute atomic E-state index is 13.3. The van der Waals surface area contributed by atoms with Crippen molar-refractivity contribution in [2.75, 3.05) is 28.4 Å². The first-order valence-electron chi connectivity index (χ1n) is 10.5. The highest BCUT2D eigenvalue weighted by Gasteiger charge is 2.12. The number of ketones is 1. The molecule has 3 aromatic carbocycles. The normalized spacial score (nSPS) is 11.1. The minimum Gasteiger partial charge on any atom is -0.494 e. The number of nitrogens with zero attached hydrogens (tertiary/aromatic N) is 1. The summed E-state index contributed by atoms with van der Waals surface area (Å²) in [5.41, 5.74) is 2.61. The fourth-order valence-electron chi connectivity index (χ4n) is 3.31. The Labute approximate surface area is 198 Å². The molecule has 0 radical (unpaired) electrons. The topological polar surface area (TPSA) is 66.3 Å². The van der Waals surface area contributed by atoms with Gasteiger partial charge in [-0.05, 0) is 47.5 Å². The molecule has 0 aromatic heterocycles. The Kier molecular flexibility index (Phi) is 8.40. The highest BCUT2D eigenvalue weighted by molar-refractivity contribution is 6.03. The van der Waals surface area contributed by atoms with E-state index in [1.807, 2.05) is 36.4 Å². The van der Waals surface area contributed by atoms with Crippen LogP contribution in [-0.2, 0) is 0 Å². The Morgan fingerprint density at radius 3 is 2.12 bits per heavy atom. The predicted octanol–water partition coefficient (Wildman–Crippen LogP) is 6.01. The number of aliphatic imine (C=N–C) groups is 1. The average molecular weight is 464 g/mol. The van der Waals surface area contributed by atoms with Gasteiger partial charge in [-0.15, -0.1) is 0 Å². The van der Waals surface area contributed by atoms with Crippen LogP contribution in [0.3, 0.4) is 0 Å². The summed E-state index contributed by atoms with van der Waals surface area (Å²) in [5, 5.41) is 0. The lowest BCUT2D eigenvalue weighted by molar-refractivity contribution is 0.100. The van der Waals surface area contributed by atoms with Crippen LogP contribution in [0, 0.1) is 5.82 Å². The summed E-state index contributed by atoms with van der Waals surface area (Å²) in [6.07, 6.45) is 5.36. The maximum atomic E-state index is 13.3. The van der Waals surface area contributed by atoms with Crippen LogP contribution in [-0.4, -0.2) is 40.4 Å². The minimum absolute atomic E-state index is 0.0398. The molecule has 0 atom stereocenters. The van der Waals surface area contributed by atoms with Crippen LogP contribution in [0.15, 0.2) is 59.6 Å². The summed E-state index contributed by atoms with van der Waals surface area (Å²) in [6.45, 7) is 0. The molecule has 3 aromatic rings. The molecule has 0 spiro atoms. The van der Waals surface area contributed by atoms with Gasteiger partial charge in [-0.1, -0.05) is 30.4 Å². The summed E-state index contributed by atoms with van der Waals surface area (Å²) in [7, 11) is 6.24. The van der Waals surface area contributed by atoms with E-state index in [1.165, 1.54) is 24.4 Å². The number of hydrogen-bond acceptors (Lipinski definition) is 6. The van der Waals surface area contributed by atoms with Crippen molar-refractivity contribution in [2.24, 2.45) is 4.99 Å². The first kappa shape index (κ1) is 24.5. The zero-order valence-electron chi connectivity index (χ0n) is 19.5. The van der Waals surface area contributed by atoms with Gasteiger partial charge in [0.05, 0.1) is 28.4 Å². The molecule has 0 unspecified atom stereocenters. The van der Waals surface area contributed by atoms with Gasteiger partial charge in [0.2, 0.25) is 5.75 Å². The molecule has 0 bridgehead atoms. The number of halogens is 1. The summed E-state index contributed by atoms with van der Waals surface area (Å²) in [6, 6.07) is 14.8. The highest BCUT2D eigenvalue weighted by Crippen LogP contribution is 2.38. The molecule has 0 N–H and O–H groups in total. The van der Waals surface area contributed by atoms with E-state index < -0.39 is 5.82 Å². The van der Waals surface area contributed by atoms with E-state index in [4.69, 9.17) is 18.9 Å². The molecule has 0 aliphatic rings. The van der Waals surface area contributed by atoms with Gasteiger partial charge in [-0.25, -0.2) is 4.39 Å². The van der Waals surface area contributed by atoms with Crippen LogP contribution < -0.4 is 18.9 Å². The smallest absolute Gasteiger partial charge is 0.203 e. The van der Waals surface area contributed by atoms with Gasteiger partial charge >= 0.3 is 0 Å². The van der Waals surface area contributed by atoms with Crippen LogP contribution >= 0.6 is 0 Å². The number of carbonyl (C=O) groups is 1. The van der Waals surface area contributed by atoms with E-state index in [-0.39, 0.29) is 12.2 Å². The average Bonchev–Trinajstić information content (AvgIpc) is 2.86. The number of ether oxygens (including phenoxy) is 4. The van der Waals surface area contributed by atoms with Gasteiger partial charge in [0.25, 0.3) is 0 Å². The zero-order valence-corrected chi connectivity index (χ0v) is 19.5. The molecule has 0 heterocycles. The fourth-order valence-corrected chi connectivity index (χ4v) is 3.31. The van der Waals surface area contributed by atoms with Gasteiger partial charge in [-0.2, -0.15) is 0 Å². The number of benzene rings is 3. The minimum atomic E-state index is -0.448. The highest BCUT2D eigenvalue weighted by atomic mass is 19.1. The SMILES string of the molecule is COc1ccc(/C=C\c2cc(OC)c(OC)c(OC)c2)cc1N=CCC(=O)c1cccc(F)c1. The molecular formula is C27H26FNO5. The molecule has 0 amide bonds. The van der Waals surface area contributed by atoms with Crippen LogP contribution in [0.4, 0.5) is 10.1 Å². The molecule has 7 heteroatoms. The fraction of sp³-hybridized carbons (Fsp3) is 0.185. The lowest BCUT2D eigenvalue weighted by atomic mass is 10.1. The van der Waals surface area contributed by atoms with Crippen molar-refractivity contribution >= 4 is 29.8 Å². The van der Waals surface area contributed by atoms with Crippen LogP contribution in [0.1, 0.15) is 27.9 Å². The molecule has 0 fully saturated rings. The monoisotopic (exact) mass is 463 g/mol. The van der Waals surface area contributed by atoms with Crippen molar-refractivity contribution in [3.05, 3.63) is 77.1 Å². The number of hydrogen-bond donors (Lipinski definition) is 0. The molecule has 34 heavy (non-hydrogen) atoms. The standard InChI is InChI=1S/C27H26FNO5/c1-31-24-11-10-18(8-9-19-15-25(32-2)27(34-4)26(16-19)33-3)14-22(24)29-13-12-23(30)20-6-5-7-21(28)17-20/h5-11,13-17H,12H2,1-4H3/b9-8-,29-13?. The third-order valence-corrected chi connectivity index (χ3v) is 5.01. The Balaban J connectivity index is 1.80. The van der Waals surface area contributed by atoms with Crippen molar-refractivity contribution in [3.8, 4) is 23.0 Å². The Bertz CT molecular complexity index is 1190. The first-order valence-corrected chi connectivity index (χ1v) is 10.5. The lowest BCUT2D eigenvalue weighted by Gasteiger charge is -2.12. The number of methoxy groups -OCH3 is 4. The zero-order chi connectivity index (χ0) is 24.5. The largest absolute Gasteiger partial charge is 0.494 e. The molecule has 0 saturated heterocycles. The quantitative estimate of drug-likeness (QED) is 0.209. The van der Waals surface area contributed by atoms with Crippen LogP contribution in [0.25, 0.3) is 12.2 Å². The third-order valence-electron chi connectivity index (χ3n) is 5.01. The molecular weight excluding hydrogens is 437 g/mol. The number of Topliss-reactive ketones (excluding diaryl/α,β-unsaturated/α-hetero) is 1. The second-order valence-electron chi connectivity index (χ2n) is 7.17. The van der Waals surface area contributed by atoms with Gasteiger partial charge in [0.1, 0.15) is 17.3 Å². The van der Waals surface area contributed by atoms with E-state index >= 15 is 0 Å². The van der Waals surface area contributed by atoms with E-state index in [0.717, 1.165) is 11.1 Å². The van der Waals surface area contributed by atoms with Gasteiger partial charge in [-0.3, -0.25) is 9.79 Å². The third kappa shape index (κ3) is 6.01. The Hall–Kier alpha value is -4.13. The van der Waals surface area contributed by atoms with Crippen molar-refractivity contribution < 1.29 is 28.1 Å². The molecule has 0 aliphatic carbocycles. The summed E-state index contributed by atoms with van der Waals surface area (Å²) in [5.74, 6) is 1.54. The second kappa shape index (κ2) is 11.7. The predicted molar refractivity (Wildman–Crippen MR) is 132 cm³/mol. The van der Waals surface area contributed by atoms with E-state index in [1.54, 1.807) is 40.6 Å². The number of carbonyl (C=O) groups excluding carboxylic acids is 1. The lowest BCUT2D eigenvalue weighted by Crippen LogP contribution is -1.99. The molecule has 0 saturated carbocycles. The van der Waals surface area contributed by atoms with Crippen LogP contribution in [0.5, 0.6) is 23.0 Å². The van der Waals surface area contributed by atoms with Crippen molar-refractivity contribution in [2.45, 2.75) is 6.42 Å². The summed E-state index contributed by atoms with van der Waals surface area (Å²) in [4.78, 5) is 16.7. The first-order chi connectivity index (χ1) is 16.5. The van der Waals surface area contributed by atoms with E-state index in [9.17, 15) is 9.18 Å². The van der Waals surface area contributed by atoms with Gasteiger partial charge in [0.15, 0.2) is 17.3 Å². The molecule has 6 nitrogen and oxygen atoms in total. The van der Waals surface area contributed by atoms with Crippen molar-refractivity contribution in [1.29, 1.82) is 0 Å².